The van der Waals surface area contributed by atoms with Crippen LogP contribution < -0.4 is 16.6 Å². The van der Waals surface area contributed by atoms with Crippen molar-refractivity contribution in [2.45, 2.75) is 13.8 Å². The van der Waals surface area contributed by atoms with Gasteiger partial charge in [0.15, 0.2) is 0 Å². The third kappa shape index (κ3) is 2.83. The summed E-state index contributed by atoms with van der Waals surface area (Å²) in [6, 6.07) is 6.75. The molecule has 23 heavy (non-hydrogen) atoms. The summed E-state index contributed by atoms with van der Waals surface area (Å²) in [5.41, 5.74) is 8.52. The minimum absolute atomic E-state index is 0.214. The Bertz CT molecular complexity index is 991. The van der Waals surface area contributed by atoms with Crippen LogP contribution >= 0.6 is 22.9 Å². The topological polar surface area (TPSA) is 88.0 Å². The van der Waals surface area contributed by atoms with Crippen molar-refractivity contribution in [3.8, 4) is 0 Å². The molecule has 0 aliphatic heterocycles. The second-order valence-corrected chi connectivity index (χ2v) is 6.71. The Kier molecular flexibility index (Phi) is 3.87. The Balaban J connectivity index is 2.01. The first-order valence-corrected chi connectivity index (χ1v) is 8.05. The maximum Gasteiger partial charge on any atom is 0.267 e. The molecule has 1 aromatic carbocycles. The number of nitrogens with two attached hydrogens (primary N) is 1. The number of nitrogens with one attached hydrogen (secondary N) is 2. The van der Waals surface area contributed by atoms with Gasteiger partial charge in [-0.05, 0) is 37.1 Å². The number of amides is 1. The predicted octanol–water partition coefficient (Wildman–Crippen LogP) is 3.69. The molecule has 118 valence electrons. The van der Waals surface area contributed by atoms with E-state index in [1.165, 1.54) is 6.07 Å². The minimum atomic E-state index is -0.330. The Hall–Kier alpha value is -2.31. The monoisotopic (exact) mass is 347 g/mol. The molecule has 0 aliphatic carbocycles. The number of anilines is 2. The van der Waals surface area contributed by atoms with Crippen LogP contribution in [0.2, 0.25) is 5.02 Å². The number of rotatable bonds is 2. The van der Waals surface area contributed by atoms with Gasteiger partial charge < -0.3 is 16.0 Å². The number of aromatic nitrogens is 1. The van der Waals surface area contributed by atoms with E-state index in [2.05, 4.69) is 10.3 Å². The van der Waals surface area contributed by atoms with Gasteiger partial charge in [-0.1, -0.05) is 17.7 Å². The third-order valence-electron chi connectivity index (χ3n) is 3.56. The SMILES string of the molecule is Cc1ccc(NC(=O)c2sc3[nH]c(=O)cc(C)c3c2N)cc1Cl. The van der Waals surface area contributed by atoms with Crippen LogP contribution in [0.3, 0.4) is 0 Å². The number of H-pyrrole nitrogens is 1. The van der Waals surface area contributed by atoms with Crippen LogP contribution in [0.1, 0.15) is 20.8 Å². The molecule has 7 heteroatoms. The van der Waals surface area contributed by atoms with Gasteiger partial charge in [0, 0.05) is 22.2 Å². The maximum absolute atomic E-state index is 12.5. The number of nitrogen functional groups attached to an aromatic ring is 1. The molecule has 2 heterocycles. The molecule has 2 aromatic heterocycles. The van der Waals surface area contributed by atoms with Crippen molar-refractivity contribution >= 4 is 50.4 Å². The first-order valence-electron chi connectivity index (χ1n) is 6.86. The zero-order chi connectivity index (χ0) is 16.7. The van der Waals surface area contributed by atoms with Crippen molar-refractivity contribution in [3.05, 3.63) is 55.6 Å². The summed E-state index contributed by atoms with van der Waals surface area (Å²) < 4.78 is 0. The largest absolute Gasteiger partial charge is 0.397 e. The van der Waals surface area contributed by atoms with Gasteiger partial charge in [0.25, 0.3) is 5.91 Å². The van der Waals surface area contributed by atoms with E-state index in [4.69, 9.17) is 17.3 Å². The van der Waals surface area contributed by atoms with Crippen LogP contribution in [0.4, 0.5) is 11.4 Å². The maximum atomic E-state index is 12.5. The highest BCUT2D eigenvalue weighted by Gasteiger charge is 2.18. The minimum Gasteiger partial charge on any atom is -0.397 e. The summed E-state index contributed by atoms with van der Waals surface area (Å²) in [6.45, 7) is 3.68. The molecule has 0 radical (unpaired) electrons. The number of carbonyl (C=O) groups is 1. The quantitative estimate of drug-likeness (QED) is 0.660. The van der Waals surface area contributed by atoms with E-state index in [-0.39, 0.29) is 11.5 Å². The fourth-order valence-electron chi connectivity index (χ4n) is 2.37. The number of pyridine rings is 1. The van der Waals surface area contributed by atoms with Crippen LogP contribution in [0.5, 0.6) is 0 Å². The van der Waals surface area contributed by atoms with Gasteiger partial charge in [-0.2, -0.15) is 0 Å². The van der Waals surface area contributed by atoms with Crippen LogP contribution in [-0.4, -0.2) is 10.9 Å². The lowest BCUT2D eigenvalue weighted by Gasteiger charge is -2.06. The van der Waals surface area contributed by atoms with Gasteiger partial charge in [-0.25, -0.2) is 0 Å². The van der Waals surface area contributed by atoms with Crippen LogP contribution in [0.15, 0.2) is 29.1 Å². The van der Waals surface area contributed by atoms with Crippen LogP contribution in [0.25, 0.3) is 10.2 Å². The lowest BCUT2D eigenvalue weighted by Crippen LogP contribution is -2.12. The highest BCUT2D eigenvalue weighted by Crippen LogP contribution is 2.34. The molecule has 0 spiro atoms. The van der Waals surface area contributed by atoms with Gasteiger partial charge >= 0.3 is 0 Å². The van der Waals surface area contributed by atoms with Gasteiger partial charge in [0.05, 0.1) is 5.69 Å². The highest BCUT2D eigenvalue weighted by molar-refractivity contribution is 7.21. The molecule has 0 atom stereocenters. The molecule has 3 rings (SSSR count). The molecule has 0 bridgehead atoms. The average Bonchev–Trinajstić information content (AvgIpc) is 2.80. The Morgan fingerprint density at radius 1 is 1.26 bits per heavy atom. The second kappa shape index (κ2) is 5.72. The number of aryl methyl sites for hydroxylation is 2. The Morgan fingerprint density at radius 2 is 2.00 bits per heavy atom. The predicted molar refractivity (Wildman–Crippen MR) is 95.7 cm³/mol. The average molecular weight is 348 g/mol. The zero-order valence-corrected chi connectivity index (χ0v) is 14.1. The molecular formula is C16H14ClN3O2S. The number of fused-ring (bicyclic) bond motifs is 1. The molecular weight excluding hydrogens is 334 g/mol. The van der Waals surface area contributed by atoms with Crippen molar-refractivity contribution in [3.63, 3.8) is 0 Å². The van der Waals surface area contributed by atoms with Crippen molar-refractivity contribution in [2.24, 2.45) is 0 Å². The number of carbonyl (C=O) groups excluding carboxylic acids is 1. The number of halogens is 1. The summed E-state index contributed by atoms with van der Waals surface area (Å²) in [5, 5.41) is 4.06. The highest BCUT2D eigenvalue weighted by atomic mass is 35.5. The smallest absolute Gasteiger partial charge is 0.267 e. The van der Waals surface area contributed by atoms with Crippen molar-refractivity contribution in [1.29, 1.82) is 0 Å². The molecule has 0 saturated carbocycles. The zero-order valence-electron chi connectivity index (χ0n) is 12.5. The molecule has 3 aromatic rings. The molecule has 0 aliphatic rings. The first kappa shape index (κ1) is 15.6. The fraction of sp³-hybridized carbons (Fsp3) is 0.125. The number of benzene rings is 1. The normalized spacial score (nSPS) is 10.9. The van der Waals surface area contributed by atoms with Crippen LogP contribution in [0, 0.1) is 13.8 Å². The Morgan fingerprint density at radius 3 is 2.70 bits per heavy atom. The number of hydrogen-bond donors (Lipinski definition) is 3. The Labute approximate surface area is 141 Å². The number of hydrogen-bond acceptors (Lipinski definition) is 4. The van der Waals surface area contributed by atoms with E-state index in [1.807, 2.05) is 13.0 Å². The standard InChI is InChI=1S/C16H14ClN3O2S/c1-7-3-4-9(6-10(7)17)19-15(22)14-13(18)12-8(2)5-11(21)20-16(12)23-14/h3-6H,18H2,1-2H3,(H,19,22)(H,20,21). The van der Waals surface area contributed by atoms with E-state index in [1.54, 1.807) is 19.1 Å². The lowest BCUT2D eigenvalue weighted by atomic mass is 10.1. The van der Waals surface area contributed by atoms with Gasteiger partial charge in [-0.3, -0.25) is 9.59 Å². The second-order valence-electron chi connectivity index (χ2n) is 5.28. The van der Waals surface area contributed by atoms with Gasteiger partial charge in [0.2, 0.25) is 5.56 Å². The summed E-state index contributed by atoms with van der Waals surface area (Å²) in [6.07, 6.45) is 0. The first-order chi connectivity index (χ1) is 10.9. The lowest BCUT2D eigenvalue weighted by molar-refractivity contribution is 0.103. The molecule has 5 nitrogen and oxygen atoms in total. The van der Waals surface area contributed by atoms with Gasteiger partial charge in [-0.15, -0.1) is 11.3 Å². The van der Waals surface area contributed by atoms with Crippen LogP contribution in [-0.2, 0) is 0 Å². The summed E-state index contributed by atoms with van der Waals surface area (Å²) in [4.78, 5) is 27.7. The van der Waals surface area contributed by atoms with E-state index in [0.29, 0.717) is 31.5 Å². The van der Waals surface area contributed by atoms with E-state index in [0.717, 1.165) is 22.5 Å². The van der Waals surface area contributed by atoms with E-state index in [9.17, 15) is 9.59 Å². The number of aromatic amines is 1. The molecule has 0 unspecified atom stereocenters. The summed E-state index contributed by atoms with van der Waals surface area (Å²) in [7, 11) is 0. The van der Waals surface area contributed by atoms with Crippen molar-refractivity contribution in [1.82, 2.24) is 4.98 Å². The molecule has 0 fully saturated rings. The molecule has 1 amide bonds. The van der Waals surface area contributed by atoms with Gasteiger partial charge in [0.1, 0.15) is 9.71 Å². The third-order valence-corrected chi connectivity index (χ3v) is 5.09. The fourth-order valence-corrected chi connectivity index (χ4v) is 3.63. The van der Waals surface area contributed by atoms with E-state index >= 15 is 0 Å². The number of thiophene rings is 1. The van der Waals surface area contributed by atoms with Crippen molar-refractivity contribution in [2.75, 3.05) is 11.1 Å². The molecule has 4 N–H and O–H groups in total. The summed E-state index contributed by atoms with van der Waals surface area (Å²) >= 11 is 7.23. The van der Waals surface area contributed by atoms with E-state index < -0.39 is 0 Å². The van der Waals surface area contributed by atoms with Crippen molar-refractivity contribution < 1.29 is 4.79 Å². The summed E-state index contributed by atoms with van der Waals surface area (Å²) in [5.74, 6) is -0.330. The molecule has 0 saturated heterocycles.